The van der Waals surface area contributed by atoms with Crippen LogP contribution in [0.4, 0.5) is 5.69 Å². The van der Waals surface area contributed by atoms with Gasteiger partial charge < -0.3 is 16.0 Å². The first kappa shape index (κ1) is 18.9. The maximum absolute atomic E-state index is 12.2. The molecule has 1 aliphatic heterocycles. The Kier molecular flexibility index (Phi) is 6.44. The summed E-state index contributed by atoms with van der Waals surface area (Å²) in [7, 11) is 0. The van der Waals surface area contributed by atoms with Crippen molar-refractivity contribution >= 4 is 17.5 Å². The lowest BCUT2D eigenvalue weighted by Gasteiger charge is -2.36. The lowest BCUT2D eigenvalue weighted by molar-refractivity contribution is 0.0951. The second-order valence-corrected chi connectivity index (χ2v) is 6.72. The van der Waals surface area contributed by atoms with Gasteiger partial charge in [0.25, 0.3) is 5.91 Å². The van der Waals surface area contributed by atoms with E-state index in [1.165, 1.54) is 11.8 Å². The fourth-order valence-electron chi connectivity index (χ4n) is 3.29. The third kappa shape index (κ3) is 5.31. The van der Waals surface area contributed by atoms with Crippen molar-refractivity contribution in [2.24, 2.45) is 5.73 Å². The molecule has 2 aromatic rings. The summed E-state index contributed by atoms with van der Waals surface area (Å²) in [6, 6.07) is 17.0. The van der Waals surface area contributed by atoms with Gasteiger partial charge in [-0.1, -0.05) is 24.3 Å². The van der Waals surface area contributed by atoms with E-state index >= 15 is 0 Å². The standard InChI is InChI=1S/C21H26N4O2/c22-20(26)17-6-4-7-18(16-17)21(27)23-10-5-11-24-12-14-25(15-13-24)19-8-2-1-3-9-19/h1-4,6-9,16H,5,10-15H2,(H2,22,26)(H,23,27). The first-order valence-corrected chi connectivity index (χ1v) is 9.34. The molecular weight excluding hydrogens is 340 g/mol. The third-order valence-electron chi connectivity index (χ3n) is 4.84. The molecule has 0 spiro atoms. The average molecular weight is 366 g/mol. The molecule has 1 heterocycles. The highest BCUT2D eigenvalue weighted by atomic mass is 16.2. The fourth-order valence-corrected chi connectivity index (χ4v) is 3.29. The Morgan fingerprint density at radius 2 is 1.63 bits per heavy atom. The summed E-state index contributed by atoms with van der Waals surface area (Å²) >= 11 is 0. The number of carbonyl (C=O) groups excluding carboxylic acids is 2. The molecule has 3 N–H and O–H groups in total. The van der Waals surface area contributed by atoms with Crippen molar-refractivity contribution in [3.63, 3.8) is 0 Å². The number of nitrogens with two attached hydrogens (primary N) is 1. The van der Waals surface area contributed by atoms with Gasteiger partial charge in [-0.15, -0.1) is 0 Å². The Hall–Kier alpha value is -2.86. The van der Waals surface area contributed by atoms with Crippen LogP contribution in [0.1, 0.15) is 27.1 Å². The highest BCUT2D eigenvalue weighted by molar-refractivity contribution is 5.99. The Balaban J connectivity index is 1.37. The summed E-state index contributed by atoms with van der Waals surface area (Å²) in [4.78, 5) is 28.2. The zero-order chi connectivity index (χ0) is 19.1. The van der Waals surface area contributed by atoms with Gasteiger partial charge in [-0.25, -0.2) is 0 Å². The lowest BCUT2D eigenvalue weighted by Crippen LogP contribution is -2.47. The minimum atomic E-state index is -0.528. The number of benzene rings is 2. The molecule has 0 saturated carbocycles. The average Bonchev–Trinajstić information content (AvgIpc) is 2.72. The maximum Gasteiger partial charge on any atom is 0.251 e. The Morgan fingerprint density at radius 3 is 2.33 bits per heavy atom. The number of nitrogens with zero attached hydrogens (tertiary/aromatic N) is 2. The van der Waals surface area contributed by atoms with E-state index in [0.29, 0.717) is 17.7 Å². The number of para-hydroxylation sites is 1. The molecule has 0 radical (unpaired) electrons. The first-order chi connectivity index (χ1) is 13.1. The molecular formula is C21H26N4O2. The first-order valence-electron chi connectivity index (χ1n) is 9.34. The molecule has 0 aliphatic carbocycles. The molecule has 27 heavy (non-hydrogen) atoms. The number of carbonyl (C=O) groups is 2. The summed E-state index contributed by atoms with van der Waals surface area (Å²) in [6.45, 7) is 5.68. The number of hydrogen-bond donors (Lipinski definition) is 2. The van der Waals surface area contributed by atoms with Crippen LogP contribution in [0.2, 0.25) is 0 Å². The molecule has 1 aliphatic rings. The summed E-state index contributed by atoms with van der Waals surface area (Å²) < 4.78 is 0. The number of nitrogens with one attached hydrogen (secondary N) is 1. The van der Waals surface area contributed by atoms with E-state index in [2.05, 4.69) is 39.4 Å². The molecule has 6 nitrogen and oxygen atoms in total. The molecule has 2 amide bonds. The van der Waals surface area contributed by atoms with E-state index in [9.17, 15) is 9.59 Å². The number of anilines is 1. The van der Waals surface area contributed by atoms with Gasteiger partial charge in [0.05, 0.1) is 0 Å². The van der Waals surface area contributed by atoms with Crippen molar-refractivity contribution in [1.82, 2.24) is 10.2 Å². The zero-order valence-corrected chi connectivity index (χ0v) is 15.4. The zero-order valence-electron chi connectivity index (χ0n) is 15.4. The van der Waals surface area contributed by atoms with Gasteiger partial charge in [0, 0.05) is 49.5 Å². The smallest absolute Gasteiger partial charge is 0.251 e. The molecule has 3 rings (SSSR count). The van der Waals surface area contributed by atoms with Crippen LogP contribution in [-0.4, -0.2) is 56.0 Å². The predicted octanol–water partition coefficient (Wildman–Crippen LogP) is 1.73. The third-order valence-corrected chi connectivity index (χ3v) is 4.84. The second-order valence-electron chi connectivity index (χ2n) is 6.72. The quantitative estimate of drug-likeness (QED) is 0.732. The van der Waals surface area contributed by atoms with Crippen LogP contribution in [0, 0.1) is 0 Å². The summed E-state index contributed by atoms with van der Waals surface area (Å²) in [5.41, 5.74) is 7.34. The van der Waals surface area contributed by atoms with Gasteiger partial charge in [0.1, 0.15) is 0 Å². The molecule has 0 aromatic heterocycles. The van der Waals surface area contributed by atoms with E-state index in [4.69, 9.17) is 5.73 Å². The Labute approximate surface area is 159 Å². The van der Waals surface area contributed by atoms with Crippen molar-refractivity contribution in [2.75, 3.05) is 44.2 Å². The van der Waals surface area contributed by atoms with Crippen molar-refractivity contribution in [3.05, 3.63) is 65.7 Å². The van der Waals surface area contributed by atoms with Crippen molar-refractivity contribution in [3.8, 4) is 0 Å². The van der Waals surface area contributed by atoms with Gasteiger partial charge in [0.2, 0.25) is 5.91 Å². The number of piperazine rings is 1. The minimum Gasteiger partial charge on any atom is -0.369 e. The molecule has 1 saturated heterocycles. The number of hydrogen-bond acceptors (Lipinski definition) is 4. The van der Waals surface area contributed by atoms with E-state index < -0.39 is 5.91 Å². The van der Waals surface area contributed by atoms with E-state index in [1.807, 2.05) is 6.07 Å². The van der Waals surface area contributed by atoms with Gasteiger partial charge in [0.15, 0.2) is 0 Å². The van der Waals surface area contributed by atoms with E-state index in [1.54, 1.807) is 18.2 Å². The SMILES string of the molecule is NC(=O)c1cccc(C(=O)NCCCN2CCN(c3ccccc3)CC2)c1. The summed E-state index contributed by atoms with van der Waals surface area (Å²) in [6.07, 6.45) is 0.895. The highest BCUT2D eigenvalue weighted by Gasteiger charge is 2.16. The normalized spacial score (nSPS) is 14.7. The summed E-state index contributed by atoms with van der Waals surface area (Å²) in [5, 5.41) is 2.91. The van der Waals surface area contributed by atoms with Crippen LogP contribution in [0.25, 0.3) is 0 Å². The lowest BCUT2D eigenvalue weighted by atomic mass is 10.1. The monoisotopic (exact) mass is 366 g/mol. The number of amides is 2. The largest absolute Gasteiger partial charge is 0.369 e. The van der Waals surface area contributed by atoms with Crippen LogP contribution in [0.3, 0.4) is 0 Å². The highest BCUT2D eigenvalue weighted by Crippen LogP contribution is 2.15. The van der Waals surface area contributed by atoms with Crippen molar-refractivity contribution in [1.29, 1.82) is 0 Å². The second kappa shape index (κ2) is 9.19. The molecule has 0 unspecified atom stereocenters. The topological polar surface area (TPSA) is 78.7 Å². The molecule has 6 heteroatoms. The minimum absolute atomic E-state index is 0.174. The van der Waals surface area contributed by atoms with Gasteiger partial charge in [-0.2, -0.15) is 0 Å². The molecule has 1 fully saturated rings. The predicted molar refractivity (Wildman–Crippen MR) is 107 cm³/mol. The Morgan fingerprint density at radius 1 is 0.926 bits per heavy atom. The van der Waals surface area contributed by atoms with Crippen molar-refractivity contribution in [2.45, 2.75) is 6.42 Å². The van der Waals surface area contributed by atoms with Crippen LogP contribution in [0.5, 0.6) is 0 Å². The van der Waals surface area contributed by atoms with Crippen LogP contribution in [0.15, 0.2) is 54.6 Å². The van der Waals surface area contributed by atoms with Gasteiger partial charge in [-0.3, -0.25) is 14.5 Å². The fraction of sp³-hybridized carbons (Fsp3) is 0.333. The van der Waals surface area contributed by atoms with Gasteiger partial charge in [-0.05, 0) is 43.3 Å². The number of primary amides is 1. The van der Waals surface area contributed by atoms with Crippen LogP contribution in [-0.2, 0) is 0 Å². The van der Waals surface area contributed by atoms with E-state index in [0.717, 1.165) is 39.1 Å². The molecule has 0 atom stereocenters. The maximum atomic E-state index is 12.2. The van der Waals surface area contributed by atoms with Gasteiger partial charge >= 0.3 is 0 Å². The molecule has 0 bridgehead atoms. The van der Waals surface area contributed by atoms with Crippen molar-refractivity contribution < 1.29 is 9.59 Å². The molecule has 2 aromatic carbocycles. The molecule has 142 valence electrons. The Bertz CT molecular complexity index is 771. The van der Waals surface area contributed by atoms with E-state index in [-0.39, 0.29) is 5.91 Å². The summed E-state index contributed by atoms with van der Waals surface area (Å²) in [5.74, 6) is -0.703. The number of rotatable bonds is 7. The van der Waals surface area contributed by atoms with Crippen LogP contribution >= 0.6 is 0 Å². The van der Waals surface area contributed by atoms with Crippen LogP contribution < -0.4 is 16.0 Å².